The number of rotatable bonds is 2. The van der Waals surface area contributed by atoms with Crippen LogP contribution in [0.3, 0.4) is 0 Å². The Hall–Kier alpha value is -2.67. The SMILES string of the molecule is O=C(Nc1cc2[nH]c(=O)sc2cc1F)Oc1ccccc1. The van der Waals surface area contributed by atoms with E-state index in [9.17, 15) is 14.0 Å². The lowest BCUT2D eigenvalue weighted by Crippen LogP contribution is -2.17. The van der Waals surface area contributed by atoms with E-state index < -0.39 is 11.9 Å². The van der Waals surface area contributed by atoms with E-state index in [1.54, 1.807) is 30.3 Å². The Bertz CT molecular complexity index is 858. The van der Waals surface area contributed by atoms with Crippen molar-refractivity contribution in [2.45, 2.75) is 0 Å². The van der Waals surface area contributed by atoms with E-state index in [0.29, 0.717) is 16.0 Å². The first kappa shape index (κ1) is 13.3. The van der Waals surface area contributed by atoms with Crippen molar-refractivity contribution in [3.8, 4) is 5.75 Å². The minimum absolute atomic E-state index is 0.0579. The molecular formula is C14H9FN2O3S. The van der Waals surface area contributed by atoms with Crippen molar-refractivity contribution in [2.75, 3.05) is 5.32 Å². The molecule has 1 amide bonds. The van der Waals surface area contributed by atoms with Crippen molar-refractivity contribution < 1.29 is 13.9 Å². The third kappa shape index (κ3) is 2.92. The van der Waals surface area contributed by atoms with Crippen LogP contribution in [0.15, 0.2) is 47.3 Å². The smallest absolute Gasteiger partial charge is 0.410 e. The molecule has 0 aliphatic carbocycles. The van der Waals surface area contributed by atoms with Crippen LogP contribution in [0, 0.1) is 5.82 Å². The maximum Gasteiger partial charge on any atom is 0.417 e. The third-order valence-corrected chi connectivity index (χ3v) is 3.54. The zero-order valence-corrected chi connectivity index (χ0v) is 11.4. The minimum Gasteiger partial charge on any atom is -0.410 e. The molecule has 0 radical (unpaired) electrons. The Morgan fingerprint density at radius 2 is 2.00 bits per heavy atom. The number of ether oxygens (including phenoxy) is 1. The second kappa shape index (κ2) is 5.37. The summed E-state index contributed by atoms with van der Waals surface area (Å²) in [6.07, 6.45) is -0.808. The first-order valence-corrected chi connectivity index (χ1v) is 6.80. The highest BCUT2D eigenvalue weighted by Gasteiger charge is 2.11. The number of aromatic nitrogens is 1. The molecule has 0 atom stereocenters. The molecule has 1 aromatic heterocycles. The number of nitrogens with one attached hydrogen (secondary N) is 2. The maximum absolute atomic E-state index is 13.8. The highest BCUT2D eigenvalue weighted by Crippen LogP contribution is 2.23. The summed E-state index contributed by atoms with van der Waals surface area (Å²) in [6.45, 7) is 0. The summed E-state index contributed by atoms with van der Waals surface area (Å²) >= 11 is 0.901. The van der Waals surface area contributed by atoms with Crippen molar-refractivity contribution in [1.82, 2.24) is 4.98 Å². The minimum atomic E-state index is -0.808. The van der Waals surface area contributed by atoms with E-state index in [-0.39, 0.29) is 10.6 Å². The average molecular weight is 304 g/mol. The second-order valence-corrected chi connectivity index (χ2v) is 5.19. The number of carbonyl (C=O) groups is 1. The topological polar surface area (TPSA) is 71.2 Å². The first-order chi connectivity index (χ1) is 10.1. The molecule has 2 N–H and O–H groups in total. The van der Waals surface area contributed by atoms with Gasteiger partial charge in [-0.05, 0) is 24.3 Å². The van der Waals surface area contributed by atoms with Crippen molar-refractivity contribution in [3.05, 3.63) is 57.9 Å². The van der Waals surface area contributed by atoms with Crippen molar-refractivity contribution in [2.24, 2.45) is 0 Å². The summed E-state index contributed by atoms with van der Waals surface area (Å²) in [5.74, 6) is -0.289. The molecule has 0 spiro atoms. The predicted octanol–water partition coefficient (Wildman–Crippen LogP) is 3.34. The zero-order chi connectivity index (χ0) is 14.8. The summed E-state index contributed by atoms with van der Waals surface area (Å²) in [5.41, 5.74) is 0.402. The number of carbonyl (C=O) groups excluding carboxylic acids is 1. The largest absolute Gasteiger partial charge is 0.417 e. The van der Waals surface area contributed by atoms with Crippen LogP contribution >= 0.6 is 11.3 Å². The molecule has 0 aliphatic heterocycles. The van der Waals surface area contributed by atoms with Gasteiger partial charge in [0.1, 0.15) is 11.6 Å². The van der Waals surface area contributed by atoms with Crippen molar-refractivity contribution in [3.63, 3.8) is 0 Å². The lowest BCUT2D eigenvalue weighted by Gasteiger charge is -2.07. The number of hydrogen-bond acceptors (Lipinski definition) is 4. The molecule has 3 rings (SSSR count). The third-order valence-electron chi connectivity index (χ3n) is 2.70. The molecule has 5 nitrogen and oxygen atoms in total. The lowest BCUT2D eigenvalue weighted by molar-refractivity contribution is 0.215. The number of halogens is 1. The average Bonchev–Trinajstić information content (AvgIpc) is 2.79. The molecule has 0 bridgehead atoms. The molecule has 3 aromatic rings. The summed E-state index contributed by atoms with van der Waals surface area (Å²) in [4.78, 5) is 25.2. The molecule has 7 heteroatoms. The van der Waals surface area contributed by atoms with Crippen LogP contribution in [0.2, 0.25) is 0 Å². The van der Waals surface area contributed by atoms with Crippen LogP contribution in [0.25, 0.3) is 10.2 Å². The van der Waals surface area contributed by atoms with Crippen LogP contribution in [0.5, 0.6) is 5.75 Å². The van der Waals surface area contributed by atoms with Gasteiger partial charge >= 0.3 is 11.0 Å². The molecular weight excluding hydrogens is 295 g/mol. The van der Waals surface area contributed by atoms with Crippen LogP contribution in [-0.2, 0) is 0 Å². The van der Waals surface area contributed by atoms with Crippen LogP contribution in [0.4, 0.5) is 14.9 Å². The molecule has 0 fully saturated rings. The van der Waals surface area contributed by atoms with E-state index in [4.69, 9.17) is 4.74 Å². The number of hydrogen-bond donors (Lipinski definition) is 2. The normalized spacial score (nSPS) is 10.5. The Morgan fingerprint density at radius 1 is 1.24 bits per heavy atom. The fourth-order valence-electron chi connectivity index (χ4n) is 1.80. The molecule has 0 unspecified atom stereocenters. The van der Waals surface area contributed by atoms with Gasteiger partial charge in [-0.15, -0.1) is 0 Å². The molecule has 21 heavy (non-hydrogen) atoms. The molecule has 0 saturated carbocycles. The zero-order valence-electron chi connectivity index (χ0n) is 10.6. The number of thiazole rings is 1. The predicted molar refractivity (Wildman–Crippen MR) is 78.5 cm³/mol. The summed E-state index contributed by atoms with van der Waals surface area (Å²) < 4.78 is 19.3. The van der Waals surface area contributed by atoms with Gasteiger partial charge < -0.3 is 9.72 Å². The summed E-state index contributed by atoms with van der Waals surface area (Å²) in [6, 6.07) is 11.0. The van der Waals surface area contributed by atoms with Crippen LogP contribution < -0.4 is 14.9 Å². The van der Waals surface area contributed by atoms with E-state index in [1.807, 2.05) is 0 Å². The van der Waals surface area contributed by atoms with E-state index in [1.165, 1.54) is 12.1 Å². The number of fused-ring (bicyclic) bond motifs is 1. The molecule has 2 aromatic carbocycles. The lowest BCUT2D eigenvalue weighted by atomic mass is 10.3. The van der Waals surface area contributed by atoms with Gasteiger partial charge in [0.25, 0.3) is 0 Å². The van der Waals surface area contributed by atoms with Crippen LogP contribution in [-0.4, -0.2) is 11.1 Å². The number of para-hydroxylation sites is 1. The monoisotopic (exact) mass is 304 g/mol. The Morgan fingerprint density at radius 3 is 2.76 bits per heavy atom. The Labute approximate surface area is 122 Å². The van der Waals surface area contributed by atoms with Gasteiger partial charge in [-0.3, -0.25) is 10.1 Å². The van der Waals surface area contributed by atoms with Crippen LogP contribution in [0.1, 0.15) is 0 Å². The van der Waals surface area contributed by atoms with Gasteiger partial charge in [0.2, 0.25) is 0 Å². The van der Waals surface area contributed by atoms with Gasteiger partial charge in [-0.2, -0.15) is 0 Å². The number of benzene rings is 2. The molecule has 106 valence electrons. The molecule has 0 saturated heterocycles. The Kier molecular flexibility index (Phi) is 3.41. The standard InChI is InChI=1S/C14H9FN2O3S/c15-9-6-12-11(17-14(19)21-12)7-10(9)16-13(18)20-8-4-2-1-3-5-8/h1-7H,(H,16,18)(H,17,19). The van der Waals surface area contributed by atoms with Gasteiger partial charge in [0.15, 0.2) is 0 Å². The quantitative estimate of drug-likeness (QED) is 0.762. The molecule has 0 aliphatic rings. The summed E-state index contributed by atoms with van der Waals surface area (Å²) in [5, 5.41) is 2.31. The van der Waals surface area contributed by atoms with E-state index in [2.05, 4.69) is 10.3 Å². The van der Waals surface area contributed by atoms with Gasteiger partial charge in [-0.25, -0.2) is 9.18 Å². The first-order valence-electron chi connectivity index (χ1n) is 5.98. The molecule has 1 heterocycles. The number of H-pyrrole nitrogens is 1. The van der Waals surface area contributed by atoms with Gasteiger partial charge in [-0.1, -0.05) is 29.5 Å². The van der Waals surface area contributed by atoms with Gasteiger partial charge in [0.05, 0.1) is 15.9 Å². The second-order valence-electron chi connectivity index (χ2n) is 4.17. The fourth-order valence-corrected chi connectivity index (χ4v) is 2.54. The van der Waals surface area contributed by atoms with Gasteiger partial charge in [0, 0.05) is 0 Å². The van der Waals surface area contributed by atoms with Crippen molar-refractivity contribution in [1.29, 1.82) is 0 Å². The number of anilines is 1. The van der Waals surface area contributed by atoms with E-state index in [0.717, 1.165) is 11.3 Å². The number of aromatic amines is 1. The maximum atomic E-state index is 13.8. The number of amides is 1. The van der Waals surface area contributed by atoms with Crippen molar-refractivity contribution >= 4 is 33.3 Å². The highest BCUT2D eigenvalue weighted by molar-refractivity contribution is 7.16. The highest BCUT2D eigenvalue weighted by atomic mass is 32.1. The fraction of sp³-hybridized carbons (Fsp3) is 0. The Balaban J connectivity index is 1.82. The van der Waals surface area contributed by atoms with E-state index >= 15 is 0 Å². The summed E-state index contributed by atoms with van der Waals surface area (Å²) in [7, 11) is 0.